The monoisotopic (exact) mass is 232 g/mol. The molecule has 0 aromatic heterocycles. The van der Waals surface area contributed by atoms with Crippen LogP contribution in [0.2, 0.25) is 0 Å². The molecule has 0 saturated carbocycles. The topological polar surface area (TPSA) is 66.8 Å². The summed E-state index contributed by atoms with van der Waals surface area (Å²) >= 11 is 0. The molecule has 4 heteroatoms. The van der Waals surface area contributed by atoms with Crippen LogP contribution < -0.4 is 0 Å². The van der Waals surface area contributed by atoms with Crippen LogP contribution in [-0.4, -0.2) is 22.8 Å². The smallest absolute Gasteiger partial charge is 0.338 e. The van der Waals surface area contributed by atoms with Gasteiger partial charge in [0.1, 0.15) is 0 Å². The minimum atomic E-state index is -0.401. The SMILES string of the molecule is CCOC(=O)c1ccc2cc(O)c(O)cc2c1. The van der Waals surface area contributed by atoms with Crippen LogP contribution in [0.1, 0.15) is 17.3 Å². The van der Waals surface area contributed by atoms with E-state index in [0.29, 0.717) is 17.6 Å². The van der Waals surface area contributed by atoms with E-state index in [1.54, 1.807) is 25.1 Å². The summed E-state index contributed by atoms with van der Waals surface area (Å²) in [7, 11) is 0. The van der Waals surface area contributed by atoms with E-state index in [1.165, 1.54) is 12.1 Å². The Labute approximate surface area is 98.1 Å². The van der Waals surface area contributed by atoms with Gasteiger partial charge in [0, 0.05) is 0 Å². The summed E-state index contributed by atoms with van der Waals surface area (Å²) in [4.78, 5) is 11.5. The largest absolute Gasteiger partial charge is 0.504 e. The van der Waals surface area contributed by atoms with Crippen molar-refractivity contribution in [3.8, 4) is 11.5 Å². The Balaban J connectivity index is 2.50. The van der Waals surface area contributed by atoms with E-state index in [9.17, 15) is 15.0 Å². The minimum Gasteiger partial charge on any atom is -0.504 e. The second-order valence-corrected chi connectivity index (χ2v) is 3.62. The van der Waals surface area contributed by atoms with Gasteiger partial charge in [-0.1, -0.05) is 6.07 Å². The average Bonchev–Trinajstić information content (AvgIpc) is 2.30. The summed E-state index contributed by atoms with van der Waals surface area (Å²) in [6, 6.07) is 7.79. The van der Waals surface area contributed by atoms with Gasteiger partial charge in [-0.05, 0) is 42.0 Å². The molecule has 0 amide bonds. The lowest BCUT2D eigenvalue weighted by Crippen LogP contribution is -2.04. The zero-order chi connectivity index (χ0) is 12.4. The fourth-order valence-corrected chi connectivity index (χ4v) is 1.62. The Morgan fingerprint density at radius 1 is 1.12 bits per heavy atom. The van der Waals surface area contributed by atoms with Gasteiger partial charge >= 0.3 is 5.97 Å². The van der Waals surface area contributed by atoms with E-state index < -0.39 is 5.97 Å². The molecule has 0 bridgehead atoms. The van der Waals surface area contributed by atoms with E-state index in [1.807, 2.05) is 0 Å². The summed E-state index contributed by atoms with van der Waals surface area (Å²) in [5.41, 5.74) is 0.421. The predicted octanol–water partition coefficient (Wildman–Crippen LogP) is 2.43. The van der Waals surface area contributed by atoms with Crippen LogP contribution >= 0.6 is 0 Å². The molecule has 0 aliphatic carbocycles. The first-order chi connectivity index (χ1) is 8.11. The van der Waals surface area contributed by atoms with Crippen LogP contribution in [0.5, 0.6) is 11.5 Å². The quantitative estimate of drug-likeness (QED) is 0.616. The number of phenols is 2. The summed E-state index contributed by atoms with van der Waals surface area (Å²) < 4.78 is 4.88. The molecule has 0 unspecified atom stereocenters. The van der Waals surface area contributed by atoms with E-state index >= 15 is 0 Å². The highest BCUT2D eigenvalue weighted by Crippen LogP contribution is 2.30. The predicted molar refractivity (Wildman–Crippen MR) is 63.2 cm³/mol. The van der Waals surface area contributed by atoms with Crippen molar-refractivity contribution in [1.82, 2.24) is 0 Å². The van der Waals surface area contributed by atoms with Crippen molar-refractivity contribution in [3.63, 3.8) is 0 Å². The van der Waals surface area contributed by atoms with Crippen LogP contribution in [-0.2, 0) is 4.74 Å². The Kier molecular flexibility index (Phi) is 2.87. The third kappa shape index (κ3) is 2.15. The highest BCUT2D eigenvalue weighted by molar-refractivity contribution is 5.96. The van der Waals surface area contributed by atoms with Crippen molar-refractivity contribution < 1.29 is 19.7 Å². The normalized spacial score (nSPS) is 10.4. The van der Waals surface area contributed by atoms with Crippen LogP contribution in [0.15, 0.2) is 30.3 Å². The number of carbonyl (C=O) groups is 1. The van der Waals surface area contributed by atoms with Gasteiger partial charge in [0.2, 0.25) is 0 Å². The number of rotatable bonds is 2. The van der Waals surface area contributed by atoms with Crippen molar-refractivity contribution in [2.75, 3.05) is 6.61 Å². The molecule has 0 atom stereocenters. The number of benzene rings is 2. The Bertz CT molecular complexity index is 575. The number of fused-ring (bicyclic) bond motifs is 1. The second-order valence-electron chi connectivity index (χ2n) is 3.62. The van der Waals surface area contributed by atoms with Gasteiger partial charge in [-0.2, -0.15) is 0 Å². The lowest BCUT2D eigenvalue weighted by molar-refractivity contribution is 0.0526. The molecule has 0 fully saturated rings. The van der Waals surface area contributed by atoms with Crippen LogP contribution in [0.4, 0.5) is 0 Å². The van der Waals surface area contributed by atoms with E-state index in [-0.39, 0.29) is 11.5 Å². The zero-order valence-corrected chi connectivity index (χ0v) is 9.30. The molecule has 0 saturated heterocycles. The first-order valence-corrected chi connectivity index (χ1v) is 5.24. The summed E-state index contributed by atoms with van der Waals surface area (Å²) in [5.74, 6) is -0.790. The number of carbonyl (C=O) groups excluding carboxylic acids is 1. The highest BCUT2D eigenvalue weighted by atomic mass is 16.5. The number of phenolic OH excluding ortho intramolecular Hbond substituents is 2. The highest BCUT2D eigenvalue weighted by Gasteiger charge is 2.08. The molecule has 2 rings (SSSR count). The molecule has 0 radical (unpaired) electrons. The lowest BCUT2D eigenvalue weighted by atomic mass is 10.1. The molecule has 0 heterocycles. The maximum Gasteiger partial charge on any atom is 0.338 e. The average molecular weight is 232 g/mol. The van der Waals surface area contributed by atoms with Gasteiger partial charge in [0.05, 0.1) is 12.2 Å². The third-order valence-electron chi connectivity index (χ3n) is 2.44. The van der Waals surface area contributed by atoms with Gasteiger partial charge in [-0.25, -0.2) is 4.79 Å². The number of ether oxygens (including phenoxy) is 1. The van der Waals surface area contributed by atoms with Gasteiger partial charge < -0.3 is 14.9 Å². The molecule has 88 valence electrons. The van der Waals surface area contributed by atoms with E-state index in [4.69, 9.17) is 4.74 Å². The van der Waals surface area contributed by atoms with Crippen molar-refractivity contribution in [2.24, 2.45) is 0 Å². The second kappa shape index (κ2) is 4.33. The maximum absolute atomic E-state index is 11.5. The van der Waals surface area contributed by atoms with Gasteiger partial charge in [-0.3, -0.25) is 0 Å². The Hall–Kier alpha value is -2.23. The maximum atomic E-state index is 11.5. The van der Waals surface area contributed by atoms with Gasteiger partial charge in [0.15, 0.2) is 11.5 Å². The summed E-state index contributed by atoms with van der Waals surface area (Å²) in [5, 5.41) is 20.1. The molecule has 4 nitrogen and oxygen atoms in total. The molecule has 2 aromatic rings. The first-order valence-electron chi connectivity index (χ1n) is 5.24. The van der Waals surface area contributed by atoms with Gasteiger partial charge in [-0.15, -0.1) is 0 Å². The summed E-state index contributed by atoms with van der Waals surface area (Å²) in [6.07, 6.45) is 0. The first kappa shape index (κ1) is 11.3. The van der Waals surface area contributed by atoms with Crippen LogP contribution in [0.3, 0.4) is 0 Å². The fraction of sp³-hybridized carbons (Fsp3) is 0.154. The molecular weight excluding hydrogens is 220 g/mol. The van der Waals surface area contributed by atoms with Crippen molar-refractivity contribution in [2.45, 2.75) is 6.92 Å². The minimum absolute atomic E-state index is 0.179. The number of aromatic hydroxyl groups is 2. The molecule has 0 spiro atoms. The molecule has 0 aliphatic rings. The van der Waals surface area contributed by atoms with Crippen molar-refractivity contribution >= 4 is 16.7 Å². The molecular formula is C13H12O4. The molecule has 2 aromatic carbocycles. The fourth-order valence-electron chi connectivity index (χ4n) is 1.62. The lowest BCUT2D eigenvalue weighted by Gasteiger charge is -2.05. The zero-order valence-electron chi connectivity index (χ0n) is 9.30. The van der Waals surface area contributed by atoms with Crippen LogP contribution in [0, 0.1) is 0 Å². The third-order valence-corrected chi connectivity index (χ3v) is 2.44. The Morgan fingerprint density at radius 2 is 1.76 bits per heavy atom. The van der Waals surface area contributed by atoms with Crippen LogP contribution in [0.25, 0.3) is 10.8 Å². The van der Waals surface area contributed by atoms with Crippen molar-refractivity contribution in [3.05, 3.63) is 35.9 Å². The van der Waals surface area contributed by atoms with E-state index in [2.05, 4.69) is 0 Å². The molecule has 0 aliphatic heterocycles. The van der Waals surface area contributed by atoms with E-state index in [0.717, 1.165) is 5.39 Å². The van der Waals surface area contributed by atoms with Crippen molar-refractivity contribution in [1.29, 1.82) is 0 Å². The number of esters is 1. The molecule has 17 heavy (non-hydrogen) atoms. The van der Waals surface area contributed by atoms with Gasteiger partial charge in [0.25, 0.3) is 0 Å². The Morgan fingerprint density at radius 3 is 2.41 bits per heavy atom. The number of hydrogen-bond donors (Lipinski definition) is 2. The molecule has 2 N–H and O–H groups in total. The standard InChI is InChI=1S/C13H12O4/c1-2-17-13(16)9-4-3-8-6-11(14)12(15)7-10(8)5-9/h3-7,14-15H,2H2,1H3. The summed E-state index contributed by atoms with van der Waals surface area (Å²) in [6.45, 7) is 2.06. The number of hydrogen-bond acceptors (Lipinski definition) is 4.